The summed E-state index contributed by atoms with van der Waals surface area (Å²) in [6.07, 6.45) is 1.74. The highest BCUT2D eigenvalue weighted by atomic mass is 35.5. The van der Waals surface area contributed by atoms with Crippen LogP contribution in [0.1, 0.15) is 28.7 Å². The first-order valence-corrected chi connectivity index (χ1v) is 10.2. The van der Waals surface area contributed by atoms with Crippen LogP contribution in [-0.4, -0.2) is 15.5 Å². The minimum Gasteiger partial charge on any atom is -0.422 e. The molecule has 4 rings (SSSR count). The predicted molar refractivity (Wildman–Crippen MR) is 122 cm³/mol. The second kappa shape index (κ2) is 8.74. The lowest BCUT2D eigenvalue weighted by Crippen LogP contribution is -2.07. The number of hydrogen-bond acceptors (Lipinski definition) is 3. The number of carbonyl (C=O) groups excluding carboxylic acids is 1. The highest BCUT2D eigenvalue weighted by Gasteiger charge is 2.18. The number of benzene rings is 3. The summed E-state index contributed by atoms with van der Waals surface area (Å²) in [6.45, 7) is 2.75. The zero-order valence-electron chi connectivity index (χ0n) is 16.2. The van der Waals surface area contributed by atoms with Gasteiger partial charge in [-0.2, -0.15) is 0 Å². The molecule has 4 aromatic rings. The second-order valence-corrected chi connectivity index (χ2v) is 7.38. The van der Waals surface area contributed by atoms with E-state index in [1.165, 1.54) is 0 Å². The Balaban J connectivity index is 1.83. The number of nitrogens with zero attached hydrogens (tertiary/aromatic N) is 2. The van der Waals surface area contributed by atoms with Gasteiger partial charge in [-0.05, 0) is 43.3 Å². The number of imidazole rings is 1. The molecule has 0 saturated heterocycles. The van der Waals surface area contributed by atoms with Crippen molar-refractivity contribution in [3.05, 3.63) is 99.8 Å². The van der Waals surface area contributed by atoms with Crippen molar-refractivity contribution in [1.82, 2.24) is 9.55 Å². The number of esters is 1. The lowest BCUT2D eigenvalue weighted by molar-refractivity contribution is 0.0694. The number of fused-ring (bicyclic) bond motifs is 1. The Bertz CT molecular complexity index is 1260. The maximum absolute atomic E-state index is 12.9. The molecule has 0 unspecified atom stereocenters. The summed E-state index contributed by atoms with van der Waals surface area (Å²) < 4.78 is 7.83. The zero-order chi connectivity index (χ0) is 21.1. The molecule has 0 radical (unpaired) electrons. The number of para-hydroxylation sites is 2. The van der Waals surface area contributed by atoms with Gasteiger partial charge in [-0.15, -0.1) is 0 Å². The molecule has 3 aromatic carbocycles. The van der Waals surface area contributed by atoms with Crippen LogP contribution in [0.5, 0.6) is 0 Å². The Morgan fingerprint density at radius 2 is 1.53 bits per heavy atom. The maximum atomic E-state index is 12.9. The Morgan fingerprint density at radius 1 is 0.933 bits per heavy atom. The maximum Gasteiger partial charge on any atom is 0.345 e. The zero-order valence-corrected chi connectivity index (χ0v) is 17.7. The van der Waals surface area contributed by atoms with Gasteiger partial charge in [0.2, 0.25) is 0 Å². The van der Waals surface area contributed by atoms with Crippen molar-refractivity contribution in [1.29, 1.82) is 0 Å². The van der Waals surface area contributed by atoms with Crippen LogP contribution in [0.25, 0.3) is 22.9 Å². The average molecular weight is 437 g/mol. The Hall–Kier alpha value is -3.08. The molecule has 0 atom stereocenters. The molecule has 0 amide bonds. The van der Waals surface area contributed by atoms with E-state index in [1.807, 2.05) is 43.3 Å². The first kappa shape index (κ1) is 20.2. The number of aryl methyl sites for hydroxylation is 1. The van der Waals surface area contributed by atoms with Crippen LogP contribution in [0.4, 0.5) is 0 Å². The molecule has 4 nitrogen and oxygen atoms in total. The van der Waals surface area contributed by atoms with Crippen molar-refractivity contribution >= 4 is 52.0 Å². The highest BCUT2D eigenvalue weighted by molar-refractivity contribution is 6.34. The fourth-order valence-corrected chi connectivity index (χ4v) is 3.70. The molecule has 0 aliphatic rings. The third kappa shape index (κ3) is 3.97. The second-order valence-electron chi connectivity index (χ2n) is 6.56. The topological polar surface area (TPSA) is 44.1 Å². The molecule has 30 heavy (non-hydrogen) atoms. The summed E-state index contributed by atoms with van der Waals surface area (Å²) in [6, 6.07) is 21.8. The first-order chi connectivity index (χ1) is 14.6. The lowest BCUT2D eigenvalue weighted by Gasteiger charge is -2.12. The summed E-state index contributed by atoms with van der Waals surface area (Å²) in [5.74, 6) is 0.405. The quantitative estimate of drug-likeness (QED) is 0.257. The summed E-state index contributed by atoms with van der Waals surface area (Å²) in [4.78, 5) is 17.6. The number of rotatable bonds is 5. The number of ether oxygens (including phenoxy) is 1. The van der Waals surface area contributed by atoms with E-state index in [9.17, 15) is 4.79 Å². The fraction of sp³-hybridized carbons (Fsp3) is 0.0833. The fourth-order valence-electron chi connectivity index (χ4n) is 3.26. The Kier molecular flexibility index (Phi) is 5.88. The molecule has 0 aliphatic carbocycles. The first-order valence-electron chi connectivity index (χ1n) is 9.47. The monoisotopic (exact) mass is 436 g/mol. The van der Waals surface area contributed by atoms with Crippen molar-refractivity contribution in [2.24, 2.45) is 0 Å². The van der Waals surface area contributed by atoms with Crippen LogP contribution >= 0.6 is 23.2 Å². The number of carbonyl (C=O) groups is 1. The van der Waals surface area contributed by atoms with Gasteiger partial charge < -0.3 is 9.30 Å². The SMILES string of the molecule is CCn1c(/C=C(/OC(=O)c2ccccc2Cl)c2ccccc2Cl)nc2ccccc21. The Morgan fingerprint density at radius 3 is 2.20 bits per heavy atom. The molecular weight excluding hydrogens is 419 g/mol. The molecule has 150 valence electrons. The van der Waals surface area contributed by atoms with Gasteiger partial charge in [0.1, 0.15) is 11.6 Å². The van der Waals surface area contributed by atoms with E-state index in [0.29, 0.717) is 33.7 Å². The molecule has 0 spiro atoms. The largest absolute Gasteiger partial charge is 0.422 e. The van der Waals surface area contributed by atoms with Crippen molar-refractivity contribution in [2.75, 3.05) is 0 Å². The minimum atomic E-state index is -0.564. The normalized spacial score (nSPS) is 11.6. The van der Waals surface area contributed by atoms with Crippen molar-refractivity contribution in [2.45, 2.75) is 13.5 Å². The molecule has 1 aromatic heterocycles. The van der Waals surface area contributed by atoms with Gasteiger partial charge in [0.05, 0.1) is 26.6 Å². The van der Waals surface area contributed by atoms with E-state index < -0.39 is 5.97 Å². The van der Waals surface area contributed by atoms with E-state index in [1.54, 1.807) is 42.5 Å². The molecule has 0 N–H and O–H groups in total. The van der Waals surface area contributed by atoms with Gasteiger partial charge in [-0.1, -0.05) is 59.6 Å². The molecule has 0 saturated carbocycles. The molecule has 6 heteroatoms. The van der Waals surface area contributed by atoms with Crippen LogP contribution in [0.2, 0.25) is 10.0 Å². The van der Waals surface area contributed by atoms with Gasteiger partial charge >= 0.3 is 5.97 Å². The number of halogens is 2. The Labute approximate surface area is 184 Å². The van der Waals surface area contributed by atoms with Crippen molar-refractivity contribution in [3.8, 4) is 0 Å². The van der Waals surface area contributed by atoms with Crippen LogP contribution in [0.15, 0.2) is 72.8 Å². The minimum absolute atomic E-state index is 0.279. The van der Waals surface area contributed by atoms with Crippen molar-refractivity contribution < 1.29 is 9.53 Å². The van der Waals surface area contributed by atoms with Crippen LogP contribution in [-0.2, 0) is 11.3 Å². The van der Waals surface area contributed by atoms with Crippen molar-refractivity contribution in [3.63, 3.8) is 0 Å². The van der Waals surface area contributed by atoms with E-state index in [2.05, 4.69) is 4.57 Å². The molecule has 1 heterocycles. The highest BCUT2D eigenvalue weighted by Crippen LogP contribution is 2.29. The summed E-state index contributed by atoms with van der Waals surface area (Å²) in [5.41, 5.74) is 2.74. The van der Waals surface area contributed by atoms with Crippen LogP contribution in [0, 0.1) is 0 Å². The van der Waals surface area contributed by atoms with E-state index >= 15 is 0 Å². The van der Waals surface area contributed by atoms with Crippen LogP contribution in [0.3, 0.4) is 0 Å². The number of aromatic nitrogens is 2. The third-order valence-corrected chi connectivity index (χ3v) is 5.36. The average Bonchev–Trinajstić information content (AvgIpc) is 3.11. The third-order valence-electron chi connectivity index (χ3n) is 4.70. The molecular formula is C24H18Cl2N2O2. The predicted octanol–water partition coefficient (Wildman–Crippen LogP) is 6.72. The van der Waals surface area contributed by atoms with Gasteiger partial charge in [0.25, 0.3) is 0 Å². The van der Waals surface area contributed by atoms with Gasteiger partial charge in [0.15, 0.2) is 0 Å². The standard InChI is InChI=1S/C24H18Cl2N2O2/c1-2-28-21-14-8-7-13-20(21)27-23(28)15-22(16-9-3-5-11-18(16)25)30-24(29)17-10-4-6-12-19(17)26/h3-15H,2H2,1H3/b22-15+. The summed E-state index contributed by atoms with van der Waals surface area (Å²) in [7, 11) is 0. The summed E-state index contributed by atoms with van der Waals surface area (Å²) in [5, 5.41) is 0.789. The lowest BCUT2D eigenvalue weighted by atomic mass is 10.1. The smallest absolute Gasteiger partial charge is 0.345 e. The van der Waals surface area contributed by atoms with Crippen LogP contribution < -0.4 is 0 Å². The van der Waals surface area contributed by atoms with Gasteiger partial charge in [0, 0.05) is 18.2 Å². The van der Waals surface area contributed by atoms with E-state index in [4.69, 9.17) is 32.9 Å². The summed E-state index contributed by atoms with van der Waals surface area (Å²) >= 11 is 12.6. The molecule has 0 fully saturated rings. The van der Waals surface area contributed by atoms with Gasteiger partial charge in [-0.3, -0.25) is 0 Å². The molecule has 0 bridgehead atoms. The molecule has 0 aliphatic heterocycles. The van der Waals surface area contributed by atoms with E-state index in [-0.39, 0.29) is 5.56 Å². The van der Waals surface area contributed by atoms with E-state index in [0.717, 1.165) is 11.0 Å². The number of hydrogen-bond donors (Lipinski definition) is 0. The van der Waals surface area contributed by atoms with Gasteiger partial charge in [-0.25, -0.2) is 9.78 Å².